The first-order valence-corrected chi connectivity index (χ1v) is 7.05. The van der Waals surface area contributed by atoms with E-state index in [4.69, 9.17) is 4.98 Å². The Labute approximate surface area is 133 Å². The van der Waals surface area contributed by atoms with E-state index < -0.39 is 0 Å². The Morgan fingerprint density at radius 2 is 1.80 bits per heavy atom. The molecule has 0 spiro atoms. The summed E-state index contributed by atoms with van der Waals surface area (Å²) in [5.41, 5.74) is 2.42. The van der Waals surface area contributed by atoms with E-state index in [-0.39, 0.29) is 24.8 Å². The maximum Gasteiger partial charge on any atom is 0.124 e. The van der Waals surface area contributed by atoms with Crippen LogP contribution in [-0.4, -0.2) is 27.5 Å². The molecule has 0 radical (unpaired) electrons. The van der Waals surface area contributed by atoms with Crippen LogP contribution in [-0.2, 0) is 13.1 Å². The number of nitrogens with zero attached hydrogens (tertiary/aromatic N) is 3. The minimum atomic E-state index is 0. The number of hydrogen-bond donors (Lipinski definition) is 0. The summed E-state index contributed by atoms with van der Waals surface area (Å²) in [7, 11) is 0. The molecule has 3 nitrogen and oxygen atoms in total. The molecule has 1 aliphatic heterocycles. The fourth-order valence-corrected chi connectivity index (χ4v) is 2.86. The molecule has 1 aliphatic rings. The minimum absolute atomic E-state index is 0. The van der Waals surface area contributed by atoms with Gasteiger partial charge in [0.25, 0.3) is 0 Å². The number of rotatable bonds is 4. The Morgan fingerprint density at radius 3 is 2.50 bits per heavy atom. The van der Waals surface area contributed by atoms with Gasteiger partial charge in [0.15, 0.2) is 0 Å². The average Bonchev–Trinajstić information content (AvgIpc) is 3.00. The molecular formula is C15H23Cl2N3. The average molecular weight is 316 g/mol. The molecule has 0 saturated carbocycles. The van der Waals surface area contributed by atoms with Crippen LogP contribution >= 0.6 is 24.8 Å². The molecule has 2 aromatic rings. The van der Waals surface area contributed by atoms with Crippen LogP contribution in [0.1, 0.15) is 32.0 Å². The fraction of sp³-hybridized carbons (Fsp3) is 0.533. The maximum atomic E-state index is 4.82. The van der Waals surface area contributed by atoms with E-state index in [2.05, 4.69) is 40.7 Å². The highest BCUT2D eigenvalue weighted by molar-refractivity contribution is 5.85. The Balaban J connectivity index is 0.000001000. The lowest BCUT2D eigenvalue weighted by atomic mass is 10.3. The zero-order valence-corrected chi connectivity index (χ0v) is 13.6. The molecule has 0 atom stereocenters. The molecule has 1 fully saturated rings. The molecule has 3 rings (SSSR count). The van der Waals surface area contributed by atoms with Crippen LogP contribution in [0.2, 0.25) is 0 Å². The molecule has 20 heavy (non-hydrogen) atoms. The minimum Gasteiger partial charge on any atom is -0.327 e. The van der Waals surface area contributed by atoms with Crippen LogP contribution in [0.25, 0.3) is 11.0 Å². The monoisotopic (exact) mass is 315 g/mol. The number of fused-ring (bicyclic) bond motifs is 1. The lowest BCUT2D eigenvalue weighted by Crippen LogP contribution is -2.21. The van der Waals surface area contributed by atoms with Gasteiger partial charge in [-0.05, 0) is 44.5 Å². The van der Waals surface area contributed by atoms with Crippen molar-refractivity contribution < 1.29 is 0 Å². The van der Waals surface area contributed by atoms with E-state index in [0.29, 0.717) is 0 Å². The van der Waals surface area contributed by atoms with Gasteiger partial charge in [0.05, 0.1) is 17.6 Å². The molecule has 0 unspecified atom stereocenters. The number of benzene rings is 1. The van der Waals surface area contributed by atoms with E-state index in [0.717, 1.165) is 25.0 Å². The fourth-order valence-electron chi connectivity index (χ4n) is 2.86. The molecular weight excluding hydrogens is 293 g/mol. The summed E-state index contributed by atoms with van der Waals surface area (Å²) in [6, 6.07) is 8.49. The number of aromatic nitrogens is 2. The van der Waals surface area contributed by atoms with Crippen LogP contribution in [0.5, 0.6) is 0 Å². The topological polar surface area (TPSA) is 21.1 Å². The van der Waals surface area contributed by atoms with E-state index in [1.54, 1.807) is 0 Å². The predicted molar refractivity (Wildman–Crippen MR) is 89.0 cm³/mol. The first-order chi connectivity index (χ1) is 8.88. The van der Waals surface area contributed by atoms with Crippen LogP contribution in [0.4, 0.5) is 0 Å². The Hall–Kier alpha value is -0.770. The van der Waals surface area contributed by atoms with Crippen molar-refractivity contribution >= 4 is 35.8 Å². The van der Waals surface area contributed by atoms with Gasteiger partial charge in [-0.15, -0.1) is 24.8 Å². The van der Waals surface area contributed by atoms with E-state index in [9.17, 15) is 0 Å². The summed E-state index contributed by atoms with van der Waals surface area (Å²) in [6.45, 7) is 6.78. The smallest absolute Gasteiger partial charge is 0.124 e. The van der Waals surface area contributed by atoms with Crippen LogP contribution in [0.3, 0.4) is 0 Å². The number of hydrogen-bond acceptors (Lipinski definition) is 2. The summed E-state index contributed by atoms with van der Waals surface area (Å²) in [6.07, 6.45) is 3.84. The van der Waals surface area contributed by atoms with Crippen molar-refractivity contribution in [1.82, 2.24) is 14.5 Å². The summed E-state index contributed by atoms with van der Waals surface area (Å²) in [4.78, 5) is 7.34. The molecule has 0 amide bonds. The number of para-hydroxylation sites is 2. The quantitative estimate of drug-likeness (QED) is 0.853. The molecule has 5 heteroatoms. The Morgan fingerprint density at radius 1 is 1.10 bits per heavy atom. The zero-order chi connectivity index (χ0) is 12.4. The second-order valence-corrected chi connectivity index (χ2v) is 5.15. The van der Waals surface area contributed by atoms with Crippen molar-refractivity contribution in [2.75, 3.05) is 13.1 Å². The van der Waals surface area contributed by atoms with E-state index in [1.165, 1.54) is 37.3 Å². The normalized spacial score (nSPS) is 15.1. The van der Waals surface area contributed by atoms with Crippen LogP contribution < -0.4 is 0 Å². The highest BCUT2D eigenvalue weighted by Gasteiger charge is 2.16. The van der Waals surface area contributed by atoms with Gasteiger partial charge in [0.1, 0.15) is 5.82 Å². The van der Waals surface area contributed by atoms with Gasteiger partial charge in [-0.1, -0.05) is 19.1 Å². The standard InChI is InChI=1S/C15H21N3.2ClH/c1-2-9-18-14-8-4-3-7-13(14)16-15(18)12-17-10-5-6-11-17;;/h3-4,7-8H,2,5-6,9-12H2,1H3;2*1H. The van der Waals surface area contributed by atoms with Gasteiger partial charge in [-0.3, -0.25) is 4.90 Å². The molecule has 1 aromatic carbocycles. The van der Waals surface area contributed by atoms with Gasteiger partial charge >= 0.3 is 0 Å². The molecule has 0 N–H and O–H groups in total. The number of halogens is 2. The second-order valence-electron chi connectivity index (χ2n) is 5.15. The Kier molecular flexibility index (Phi) is 6.80. The van der Waals surface area contributed by atoms with Crippen molar-refractivity contribution in [1.29, 1.82) is 0 Å². The lowest BCUT2D eigenvalue weighted by molar-refractivity contribution is 0.317. The lowest BCUT2D eigenvalue weighted by Gasteiger charge is -2.15. The first-order valence-electron chi connectivity index (χ1n) is 7.05. The SMILES string of the molecule is CCCn1c(CN2CCCC2)nc2ccccc21.Cl.Cl. The second kappa shape index (κ2) is 7.87. The number of imidazole rings is 1. The molecule has 1 aromatic heterocycles. The van der Waals surface area contributed by atoms with Crippen LogP contribution in [0.15, 0.2) is 24.3 Å². The molecule has 1 saturated heterocycles. The van der Waals surface area contributed by atoms with Crippen molar-refractivity contribution in [3.05, 3.63) is 30.1 Å². The van der Waals surface area contributed by atoms with Crippen molar-refractivity contribution in [3.8, 4) is 0 Å². The maximum absolute atomic E-state index is 4.82. The predicted octanol–water partition coefficient (Wildman–Crippen LogP) is 3.89. The highest BCUT2D eigenvalue weighted by Crippen LogP contribution is 2.19. The summed E-state index contributed by atoms with van der Waals surface area (Å²) < 4.78 is 2.40. The Bertz CT molecular complexity index is 533. The van der Waals surface area contributed by atoms with Crippen molar-refractivity contribution in [2.24, 2.45) is 0 Å². The van der Waals surface area contributed by atoms with Gasteiger partial charge in [-0.25, -0.2) is 4.98 Å². The number of aryl methyl sites for hydroxylation is 1. The third-order valence-corrected chi connectivity index (χ3v) is 3.74. The van der Waals surface area contributed by atoms with Gasteiger partial charge in [0, 0.05) is 6.54 Å². The summed E-state index contributed by atoms with van der Waals surface area (Å²) in [5, 5.41) is 0. The third-order valence-electron chi connectivity index (χ3n) is 3.74. The van der Waals surface area contributed by atoms with Crippen LogP contribution in [0, 0.1) is 0 Å². The zero-order valence-electron chi connectivity index (χ0n) is 11.9. The first kappa shape index (κ1) is 17.3. The molecule has 112 valence electrons. The van der Waals surface area contributed by atoms with E-state index >= 15 is 0 Å². The highest BCUT2D eigenvalue weighted by atomic mass is 35.5. The van der Waals surface area contributed by atoms with Gasteiger partial charge in [-0.2, -0.15) is 0 Å². The summed E-state index contributed by atoms with van der Waals surface area (Å²) >= 11 is 0. The van der Waals surface area contributed by atoms with Crippen molar-refractivity contribution in [3.63, 3.8) is 0 Å². The molecule has 0 aliphatic carbocycles. The molecule has 0 bridgehead atoms. The van der Waals surface area contributed by atoms with Gasteiger partial charge in [0.2, 0.25) is 0 Å². The van der Waals surface area contributed by atoms with E-state index in [1.807, 2.05) is 0 Å². The largest absolute Gasteiger partial charge is 0.327 e. The summed E-state index contributed by atoms with van der Waals surface area (Å²) in [5.74, 6) is 1.24. The third kappa shape index (κ3) is 3.46. The number of likely N-dealkylation sites (tertiary alicyclic amines) is 1. The molecule has 2 heterocycles. The van der Waals surface area contributed by atoms with Gasteiger partial charge < -0.3 is 4.57 Å². The van der Waals surface area contributed by atoms with Crippen molar-refractivity contribution in [2.45, 2.75) is 39.3 Å².